The number of aromatic hydroxyl groups is 1. The molecule has 0 bridgehead atoms. The smallest absolute Gasteiger partial charge is 0.314 e. The maximum Gasteiger partial charge on any atom is 0.314 e. The summed E-state index contributed by atoms with van der Waals surface area (Å²) < 4.78 is 0. The van der Waals surface area contributed by atoms with E-state index in [0.717, 1.165) is 44.1 Å². The molecule has 2 rings (SSSR count). The Hall–Kier alpha value is -1.75. The maximum atomic E-state index is 11.6. The lowest BCUT2D eigenvalue weighted by Gasteiger charge is -2.22. The molecule has 21 heavy (non-hydrogen) atoms. The summed E-state index contributed by atoms with van der Waals surface area (Å²) in [5.74, 6) is 0.265. The number of rotatable bonds is 6. The Kier molecular flexibility index (Phi) is 5.44. The average molecular weight is 292 g/mol. The second-order valence-electron chi connectivity index (χ2n) is 5.81. The van der Waals surface area contributed by atoms with Crippen LogP contribution in [0.4, 0.5) is 4.79 Å². The van der Waals surface area contributed by atoms with Gasteiger partial charge < -0.3 is 20.8 Å². The first-order chi connectivity index (χ1) is 10.1. The largest absolute Gasteiger partial charge is 0.508 e. The van der Waals surface area contributed by atoms with E-state index >= 15 is 0 Å². The molecular formula is C16H24N2O3. The van der Waals surface area contributed by atoms with E-state index in [-0.39, 0.29) is 11.8 Å². The highest BCUT2D eigenvalue weighted by atomic mass is 16.3. The van der Waals surface area contributed by atoms with Crippen LogP contribution >= 0.6 is 0 Å². The van der Waals surface area contributed by atoms with Gasteiger partial charge in [-0.1, -0.05) is 25.0 Å². The van der Waals surface area contributed by atoms with Crippen molar-refractivity contribution in [3.05, 3.63) is 29.8 Å². The summed E-state index contributed by atoms with van der Waals surface area (Å²) >= 11 is 0. The summed E-state index contributed by atoms with van der Waals surface area (Å²) in [6, 6.07) is 6.87. The summed E-state index contributed by atoms with van der Waals surface area (Å²) in [7, 11) is 0. The van der Waals surface area contributed by atoms with Crippen LogP contribution in [0.1, 0.15) is 37.7 Å². The van der Waals surface area contributed by atoms with Crippen LogP contribution in [-0.2, 0) is 6.42 Å². The van der Waals surface area contributed by atoms with Gasteiger partial charge in [0.1, 0.15) is 5.75 Å². The minimum absolute atomic E-state index is 0.221. The predicted molar refractivity (Wildman–Crippen MR) is 81.2 cm³/mol. The van der Waals surface area contributed by atoms with Crippen LogP contribution in [0, 0.1) is 0 Å². The summed E-state index contributed by atoms with van der Waals surface area (Å²) in [6.45, 7) is 0.919. The third-order valence-corrected chi connectivity index (χ3v) is 3.98. The van der Waals surface area contributed by atoms with Crippen molar-refractivity contribution in [2.24, 2.45) is 0 Å². The monoisotopic (exact) mass is 292 g/mol. The normalized spacial score (nSPS) is 16.6. The van der Waals surface area contributed by atoms with E-state index in [0.29, 0.717) is 13.1 Å². The molecule has 0 unspecified atom stereocenters. The first kappa shape index (κ1) is 15.6. The fraction of sp³-hybridized carbons (Fsp3) is 0.562. The van der Waals surface area contributed by atoms with Crippen molar-refractivity contribution in [3.63, 3.8) is 0 Å². The fourth-order valence-corrected chi connectivity index (χ4v) is 2.67. The highest BCUT2D eigenvalue weighted by molar-refractivity contribution is 5.73. The number of urea groups is 1. The van der Waals surface area contributed by atoms with Crippen LogP contribution in [0.2, 0.25) is 0 Å². The molecule has 5 heteroatoms. The van der Waals surface area contributed by atoms with Gasteiger partial charge in [0.05, 0.1) is 5.60 Å². The van der Waals surface area contributed by atoms with Crippen molar-refractivity contribution in [2.45, 2.75) is 44.1 Å². The zero-order chi connectivity index (χ0) is 15.1. The maximum absolute atomic E-state index is 11.6. The van der Waals surface area contributed by atoms with Crippen LogP contribution in [0.15, 0.2) is 24.3 Å². The summed E-state index contributed by atoms with van der Waals surface area (Å²) in [6.07, 6.45) is 5.30. The second kappa shape index (κ2) is 7.31. The number of aryl methyl sites for hydroxylation is 1. The molecule has 1 saturated carbocycles. The molecule has 1 aliphatic rings. The molecule has 116 valence electrons. The van der Waals surface area contributed by atoms with Crippen LogP contribution in [0.5, 0.6) is 5.75 Å². The molecule has 0 atom stereocenters. The quantitative estimate of drug-likeness (QED) is 0.605. The molecule has 4 N–H and O–H groups in total. The Balaban J connectivity index is 1.57. The highest BCUT2D eigenvalue weighted by Crippen LogP contribution is 2.28. The highest BCUT2D eigenvalue weighted by Gasteiger charge is 2.31. The fourth-order valence-electron chi connectivity index (χ4n) is 2.67. The van der Waals surface area contributed by atoms with Gasteiger partial charge in [0.2, 0.25) is 0 Å². The number of hydrogen-bond acceptors (Lipinski definition) is 3. The van der Waals surface area contributed by atoms with E-state index in [1.165, 1.54) is 0 Å². The molecule has 1 aromatic carbocycles. The van der Waals surface area contributed by atoms with Gasteiger partial charge in [-0.05, 0) is 43.4 Å². The Morgan fingerprint density at radius 3 is 2.48 bits per heavy atom. The predicted octanol–water partition coefficient (Wildman–Crippen LogP) is 1.93. The van der Waals surface area contributed by atoms with Gasteiger partial charge in [-0.25, -0.2) is 4.79 Å². The van der Waals surface area contributed by atoms with E-state index in [1.807, 2.05) is 12.1 Å². The minimum Gasteiger partial charge on any atom is -0.508 e. The number of nitrogens with one attached hydrogen (secondary N) is 2. The molecule has 2 amide bonds. The van der Waals surface area contributed by atoms with Crippen molar-refractivity contribution in [3.8, 4) is 5.75 Å². The van der Waals surface area contributed by atoms with Gasteiger partial charge in [-0.2, -0.15) is 0 Å². The topological polar surface area (TPSA) is 81.6 Å². The summed E-state index contributed by atoms with van der Waals surface area (Å²) in [5.41, 5.74) is 0.430. The van der Waals surface area contributed by atoms with Gasteiger partial charge in [0.15, 0.2) is 0 Å². The van der Waals surface area contributed by atoms with Gasteiger partial charge in [0.25, 0.3) is 0 Å². The molecule has 0 radical (unpaired) electrons. The zero-order valence-corrected chi connectivity index (χ0v) is 12.3. The first-order valence-electron chi connectivity index (χ1n) is 7.59. The van der Waals surface area contributed by atoms with Crippen molar-refractivity contribution in [1.82, 2.24) is 10.6 Å². The molecule has 0 heterocycles. The van der Waals surface area contributed by atoms with Crippen LogP contribution in [0.3, 0.4) is 0 Å². The third kappa shape index (κ3) is 5.27. The molecule has 0 saturated heterocycles. The van der Waals surface area contributed by atoms with E-state index in [2.05, 4.69) is 10.6 Å². The van der Waals surface area contributed by atoms with Crippen molar-refractivity contribution >= 4 is 6.03 Å². The Morgan fingerprint density at radius 2 is 1.81 bits per heavy atom. The molecule has 1 aromatic rings. The van der Waals surface area contributed by atoms with Crippen LogP contribution in [-0.4, -0.2) is 34.9 Å². The standard InChI is InChI=1S/C16H24N2O3/c19-14-7-5-13(6-8-14)4-3-11-17-15(20)18-12-16(21)9-1-2-10-16/h5-8,19,21H,1-4,9-12H2,(H2,17,18,20). The van der Waals surface area contributed by atoms with Gasteiger partial charge in [-0.15, -0.1) is 0 Å². The van der Waals surface area contributed by atoms with E-state index in [9.17, 15) is 15.0 Å². The number of phenols is 1. The summed E-state index contributed by atoms with van der Waals surface area (Å²) in [5, 5.41) is 24.8. The summed E-state index contributed by atoms with van der Waals surface area (Å²) in [4.78, 5) is 11.6. The minimum atomic E-state index is -0.705. The molecule has 1 fully saturated rings. The van der Waals surface area contributed by atoms with Gasteiger partial charge >= 0.3 is 6.03 Å². The Labute approximate surface area is 125 Å². The molecule has 0 spiro atoms. The number of benzene rings is 1. The third-order valence-electron chi connectivity index (χ3n) is 3.98. The number of amides is 2. The van der Waals surface area contributed by atoms with Gasteiger partial charge in [0, 0.05) is 13.1 Å². The van der Waals surface area contributed by atoms with E-state index < -0.39 is 5.60 Å². The lowest BCUT2D eigenvalue weighted by molar-refractivity contribution is 0.0501. The molecule has 0 aliphatic heterocycles. The molecular weight excluding hydrogens is 268 g/mol. The molecule has 0 aromatic heterocycles. The van der Waals surface area contributed by atoms with E-state index in [1.54, 1.807) is 12.1 Å². The number of hydrogen-bond donors (Lipinski definition) is 4. The Morgan fingerprint density at radius 1 is 1.14 bits per heavy atom. The zero-order valence-electron chi connectivity index (χ0n) is 12.3. The van der Waals surface area contributed by atoms with Crippen LogP contribution < -0.4 is 10.6 Å². The number of carbonyl (C=O) groups is 1. The second-order valence-corrected chi connectivity index (χ2v) is 5.81. The SMILES string of the molecule is O=C(NCCCc1ccc(O)cc1)NCC1(O)CCCC1. The first-order valence-corrected chi connectivity index (χ1v) is 7.59. The lowest BCUT2D eigenvalue weighted by Crippen LogP contribution is -2.45. The van der Waals surface area contributed by atoms with Crippen molar-refractivity contribution in [1.29, 1.82) is 0 Å². The number of aliphatic hydroxyl groups is 1. The average Bonchev–Trinajstić information content (AvgIpc) is 2.91. The number of carbonyl (C=O) groups excluding carboxylic acids is 1. The van der Waals surface area contributed by atoms with E-state index in [4.69, 9.17) is 0 Å². The van der Waals surface area contributed by atoms with Crippen LogP contribution in [0.25, 0.3) is 0 Å². The Bertz CT molecular complexity index is 453. The van der Waals surface area contributed by atoms with Crippen molar-refractivity contribution < 1.29 is 15.0 Å². The molecule has 5 nitrogen and oxygen atoms in total. The number of phenolic OH excluding ortho intramolecular Hbond substituents is 1. The van der Waals surface area contributed by atoms with Gasteiger partial charge in [-0.3, -0.25) is 0 Å². The lowest BCUT2D eigenvalue weighted by atomic mass is 10.0. The molecule has 1 aliphatic carbocycles. The van der Waals surface area contributed by atoms with Crippen molar-refractivity contribution in [2.75, 3.05) is 13.1 Å².